The number of rotatable bonds is 4. The van der Waals surface area contributed by atoms with Crippen molar-refractivity contribution >= 4 is 21.9 Å². The van der Waals surface area contributed by atoms with E-state index in [9.17, 15) is 0 Å². The minimum Gasteiger partial charge on any atom is -0.456 e. The molecule has 2 aromatic heterocycles. The van der Waals surface area contributed by atoms with Gasteiger partial charge in [0.1, 0.15) is 11.2 Å². The van der Waals surface area contributed by atoms with Gasteiger partial charge in [0.2, 0.25) is 0 Å². The number of furan rings is 1. The monoisotopic (exact) mass is 626 g/mol. The summed E-state index contributed by atoms with van der Waals surface area (Å²) in [6.07, 6.45) is 9.07. The lowest BCUT2D eigenvalue weighted by atomic mass is 9.69. The SMILES string of the molecule is C1=CC2c3cc(-c4cc(-c5cccc(-c6ccccc6)c5)nc(-c5ccccc5)n4)ccc3-c3cc4oc5ccccc5c4cc3C2C=C1. The van der Waals surface area contributed by atoms with E-state index in [4.69, 9.17) is 14.4 Å². The molecule has 3 nitrogen and oxygen atoms in total. The first-order valence-electron chi connectivity index (χ1n) is 16.8. The lowest BCUT2D eigenvalue weighted by Gasteiger charge is -2.34. The van der Waals surface area contributed by atoms with Gasteiger partial charge in [-0.05, 0) is 69.8 Å². The molecule has 6 aromatic carbocycles. The second kappa shape index (κ2) is 11.1. The van der Waals surface area contributed by atoms with Gasteiger partial charge in [-0.25, -0.2) is 9.97 Å². The minimum absolute atomic E-state index is 0.223. The second-order valence-electron chi connectivity index (χ2n) is 12.9. The van der Waals surface area contributed by atoms with Crippen molar-refractivity contribution in [3.05, 3.63) is 181 Å². The van der Waals surface area contributed by atoms with Gasteiger partial charge in [-0.2, -0.15) is 0 Å². The summed E-state index contributed by atoms with van der Waals surface area (Å²) in [5.41, 5.74) is 14.3. The highest BCUT2D eigenvalue weighted by atomic mass is 16.3. The molecule has 0 aliphatic heterocycles. The zero-order chi connectivity index (χ0) is 32.3. The van der Waals surface area contributed by atoms with Crippen LogP contribution in [0.15, 0.2) is 174 Å². The third-order valence-corrected chi connectivity index (χ3v) is 10.1. The summed E-state index contributed by atoms with van der Waals surface area (Å²) in [5.74, 6) is 1.18. The van der Waals surface area contributed by atoms with Crippen LogP contribution in [-0.2, 0) is 0 Å². The van der Waals surface area contributed by atoms with Crippen molar-refractivity contribution in [2.75, 3.05) is 0 Å². The molecule has 0 fully saturated rings. The van der Waals surface area contributed by atoms with E-state index in [1.54, 1.807) is 0 Å². The number of hydrogen-bond acceptors (Lipinski definition) is 3. The molecule has 0 saturated carbocycles. The molecule has 0 N–H and O–H groups in total. The molecule has 2 heterocycles. The maximum atomic E-state index is 6.36. The smallest absolute Gasteiger partial charge is 0.160 e. The molecule has 0 saturated heterocycles. The molecule has 2 aliphatic rings. The molecule has 3 heteroatoms. The Morgan fingerprint density at radius 3 is 1.82 bits per heavy atom. The quantitative estimate of drug-likeness (QED) is 0.195. The maximum Gasteiger partial charge on any atom is 0.160 e. The van der Waals surface area contributed by atoms with Crippen LogP contribution in [0.5, 0.6) is 0 Å². The summed E-state index contributed by atoms with van der Waals surface area (Å²) in [6.45, 7) is 0. The van der Waals surface area contributed by atoms with Gasteiger partial charge in [0.05, 0.1) is 11.4 Å². The number of aromatic nitrogens is 2. The summed E-state index contributed by atoms with van der Waals surface area (Å²) in [5, 5.41) is 2.34. The van der Waals surface area contributed by atoms with E-state index in [0.29, 0.717) is 5.82 Å². The predicted octanol–water partition coefficient (Wildman–Crippen LogP) is 12.0. The fourth-order valence-electron chi connectivity index (χ4n) is 7.69. The number of hydrogen-bond donors (Lipinski definition) is 0. The van der Waals surface area contributed by atoms with Crippen LogP contribution in [0.4, 0.5) is 0 Å². The largest absolute Gasteiger partial charge is 0.456 e. The first kappa shape index (κ1) is 27.8. The topological polar surface area (TPSA) is 38.9 Å². The Labute approximate surface area is 284 Å². The molecule has 2 aliphatic carbocycles. The van der Waals surface area contributed by atoms with Crippen LogP contribution >= 0.6 is 0 Å². The van der Waals surface area contributed by atoms with Crippen LogP contribution in [0.1, 0.15) is 23.0 Å². The number of fused-ring (bicyclic) bond motifs is 9. The summed E-state index contributed by atoms with van der Waals surface area (Å²) in [6, 6.07) is 51.3. The Hall–Kier alpha value is -6.32. The molecule has 0 spiro atoms. The maximum absolute atomic E-state index is 6.36. The number of allylic oxidation sites excluding steroid dienone is 4. The van der Waals surface area contributed by atoms with Crippen LogP contribution in [-0.4, -0.2) is 9.97 Å². The first-order chi connectivity index (χ1) is 24.3. The Kier molecular flexibility index (Phi) is 6.31. The molecule has 49 heavy (non-hydrogen) atoms. The molecule has 2 atom stereocenters. The van der Waals surface area contributed by atoms with Gasteiger partial charge < -0.3 is 4.42 Å². The summed E-state index contributed by atoms with van der Waals surface area (Å²) >= 11 is 0. The average Bonchev–Trinajstić information content (AvgIpc) is 3.55. The molecule has 230 valence electrons. The average molecular weight is 627 g/mol. The third kappa shape index (κ3) is 4.66. The molecule has 0 bridgehead atoms. The van der Waals surface area contributed by atoms with Crippen molar-refractivity contribution in [1.29, 1.82) is 0 Å². The Bertz CT molecular complexity index is 2610. The Balaban J connectivity index is 1.14. The molecular formula is C46H30N2O. The van der Waals surface area contributed by atoms with Crippen molar-refractivity contribution in [1.82, 2.24) is 9.97 Å². The van der Waals surface area contributed by atoms with Gasteiger partial charge in [0.15, 0.2) is 5.82 Å². The molecule has 0 amide bonds. The fourth-order valence-corrected chi connectivity index (χ4v) is 7.69. The van der Waals surface area contributed by atoms with E-state index in [1.807, 2.05) is 30.3 Å². The Morgan fingerprint density at radius 1 is 0.408 bits per heavy atom. The lowest BCUT2D eigenvalue weighted by molar-refractivity contribution is 0.667. The normalized spacial score (nSPS) is 16.0. The highest BCUT2D eigenvalue weighted by Gasteiger charge is 2.33. The minimum atomic E-state index is 0.223. The van der Waals surface area contributed by atoms with Gasteiger partial charge in [-0.3, -0.25) is 0 Å². The zero-order valence-electron chi connectivity index (χ0n) is 26.6. The highest BCUT2D eigenvalue weighted by molar-refractivity contribution is 6.07. The predicted molar refractivity (Wildman–Crippen MR) is 200 cm³/mol. The second-order valence-corrected chi connectivity index (χ2v) is 12.9. The van der Waals surface area contributed by atoms with Crippen molar-refractivity contribution in [2.45, 2.75) is 11.8 Å². The van der Waals surface area contributed by atoms with E-state index in [2.05, 4.69) is 140 Å². The summed E-state index contributed by atoms with van der Waals surface area (Å²) in [4.78, 5) is 10.3. The van der Waals surface area contributed by atoms with E-state index in [-0.39, 0.29) is 11.8 Å². The lowest BCUT2D eigenvalue weighted by Crippen LogP contribution is -2.16. The van der Waals surface area contributed by atoms with Gasteiger partial charge in [-0.15, -0.1) is 0 Å². The van der Waals surface area contributed by atoms with Crippen LogP contribution in [0.2, 0.25) is 0 Å². The summed E-state index contributed by atoms with van der Waals surface area (Å²) in [7, 11) is 0. The number of nitrogens with zero attached hydrogens (tertiary/aromatic N) is 2. The van der Waals surface area contributed by atoms with Gasteiger partial charge in [0.25, 0.3) is 0 Å². The molecule has 2 unspecified atom stereocenters. The van der Waals surface area contributed by atoms with Gasteiger partial charge in [-0.1, -0.05) is 133 Å². The van der Waals surface area contributed by atoms with Gasteiger partial charge in [0, 0.05) is 39.3 Å². The van der Waals surface area contributed by atoms with Crippen molar-refractivity contribution < 1.29 is 4.42 Å². The van der Waals surface area contributed by atoms with Crippen LogP contribution in [0, 0.1) is 0 Å². The van der Waals surface area contributed by atoms with E-state index >= 15 is 0 Å². The number of benzene rings is 6. The highest BCUT2D eigenvalue weighted by Crippen LogP contribution is 2.52. The molecule has 0 radical (unpaired) electrons. The molecule has 10 rings (SSSR count). The first-order valence-corrected chi connectivity index (χ1v) is 16.8. The number of para-hydroxylation sites is 1. The van der Waals surface area contributed by atoms with Crippen LogP contribution < -0.4 is 0 Å². The van der Waals surface area contributed by atoms with Crippen molar-refractivity contribution in [2.24, 2.45) is 0 Å². The van der Waals surface area contributed by atoms with E-state index in [0.717, 1.165) is 50.2 Å². The van der Waals surface area contributed by atoms with Crippen LogP contribution in [0.25, 0.3) is 78.1 Å². The Morgan fingerprint density at radius 2 is 1.04 bits per heavy atom. The summed E-state index contributed by atoms with van der Waals surface area (Å²) < 4.78 is 6.36. The molecular weight excluding hydrogens is 597 g/mol. The van der Waals surface area contributed by atoms with E-state index in [1.165, 1.54) is 33.2 Å². The van der Waals surface area contributed by atoms with Crippen LogP contribution in [0.3, 0.4) is 0 Å². The van der Waals surface area contributed by atoms with Gasteiger partial charge >= 0.3 is 0 Å². The van der Waals surface area contributed by atoms with E-state index < -0.39 is 0 Å². The van der Waals surface area contributed by atoms with Crippen molar-refractivity contribution in [3.8, 4) is 56.2 Å². The third-order valence-electron chi connectivity index (χ3n) is 10.1. The fraction of sp³-hybridized carbons (Fsp3) is 0.0435. The standard InChI is InChI=1S/C46H30N2O/c1-3-12-29(13-4-1)31-16-11-17-32(24-31)42-28-43(48-46(47-42)30-14-5-2-6-15-30)33-22-23-36-38(25-33)34-18-7-8-19-35(34)39-26-41-37-20-9-10-21-44(37)49-45(41)27-40(36)39/h1-28,34-35H. The zero-order valence-corrected chi connectivity index (χ0v) is 26.6. The van der Waals surface area contributed by atoms with Crippen molar-refractivity contribution in [3.63, 3.8) is 0 Å². The molecule has 8 aromatic rings.